The Morgan fingerprint density at radius 1 is 1.00 bits per heavy atom. The Balaban J connectivity index is 1.32. The molecule has 2 N–H and O–H groups in total. The number of carbonyl (C=O) groups is 1. The molecule has 190 valence electrons. The fourth-order valence-electron chi connectivity index (χ4n) is 4.74. The smallest absolute Gasteiger partial charge is 0.355 e. The van der Waals surface area contributed by atoms with Gasteiger partial charge in [0.25, 0.3) is 5.91 Å². The van der Waals surface area contributed by atoms with Crippen LogP contribution < -0.4 is 10.6 Å². The minimum absolute atomic E-state index is 0.0450. The lowest BCUT2D eigenvalue weighted by atomic mass is 10.00. The number of alkyl halides is 3. The highest BCUT2D eigenvalue weighted by molar-refractivity contribution is 5.97. The standard InChI is InChI=1S/C29H27F3N4O/c1-19-14-27(25-8-4-5-9-26(25)34-19)35-24-16-22(15-23(17-24)29(30,31)32)28(37)33-11-13-36-12-10-20-6-2-3-7-21(20)18-36/h2-9,14-17H,10-13,18H2,1H3,(H,33,37)(H,34,35). The molecule has 5 nitrogen and oxygen atoms in total. The van der Waals surface area contributed by atoms with Crippen molar-refractivity contribution in [1.29, 1.82) is 0 Å². The molecule has 1 aliphatic heterocycles. The predicted molar refractivity (Wildman–Crippen MR) is 139 cm³/mol. The lowest BCUT2D eigenvalue weighted by Gasteiger charge is -2.28. The van der Waals surface area contributed by atoms with Crippen LogP contribution in [0, 0.1) is 6.92 Å². The van der Waals surface area contributed by atoms with Gasteiger partial charge in [-0.15, -0.1) is 0 Å². The van der Waals surface area contributed by atoms with Gasteiger partial charge in [-0.1, -0.05) is 42.5 Å². The number of aromatic nitrogens is 1. The summed E-state index contributed by atoms with van der Waals surface area (Å²) in [4.78, 5) is 19.6. The van der Waals surface area contributed by atoms with Gasteiger partial charge in [0, 0.05) is 54.2 Å². The minimum atomic E-state index is -4.59. The molecule has 1 aliphatic rings. The molecule has 1 amide bonds. The number of fused-ring (bicyclic) bond motifs is 2. The second kappa shape index (κ2) is 10.2. The topological polar surface area (TPSA) is 57.3 Å². The third-order valence-corrected chi connectivity index (χ3v) is 6.57. The van der Waals surface area contributed by atoms with Crippen LogP contribution >= 0.6 is 0 Å². The van der Waals surface area contributed by atoms with Gasteiger partial charge in [-0.05, 0) is 54.8 Å². The predicted octanol–water partition coefficient (Wildman–Crippen LogP) is 6.09. The molecule has 0 unspecified atom stereocenters. The summed E-state index contributed by atoms with van der Waals surface area (Å²) in [5.41, 5.74) is 3.95. The fraction of sp³-hybridized carbons (Fsp3) is 0.241. The van der Waals surface area contributed by atoms with E-state index in [1.807, 2.05) is 43.3 Å². The number of amides is 1. The van der Waals surface area contributed by atoms with Gasteiger partial charge >= 0.3 is 6.18 Å². The van der Waals surface area contributed by atoms with Crippen LogP contribution in [0.15, 0.2) is 72.8 Å². The van der Waals surface area contributed by atoms with Crippen molar-refractivity contribution in [3.05, 3.63) is 101 Å². The second-order valence-electron chi connectivity index (χ2n) is 9.30. The van der Waals surface area contributed by atoms with Crippen molar-refractivity contribution >= 4 is 28.2 Å². The summed E-state index contributed by atoms with van der Waals surface area (Å²) in [6.07, 6.45) is -3.65. The molecule has 0 saturated carbocycles. The third kappa shape index (κ3) is 5.75. The van der Waals surface area contributed by atoms with Crippen molar-refractivity contribution in [2.24, 2.45) is 0 Å². The molecule has 0 fully saturated rings. The van der Waals surface area contributed by atoms with Crippen molar-refractivity contribution in [2.75, 3.05) is 25.0 Å². The van der Waals surface area contributed by atoms with E-state index in [1.165, 1.54) is 17.2 Å². The lowest BCUT2D eigenvalue weighted by molar-refractivity contribution is -0.137. The first-order chi connectivity index (χ1) is 17.8. The number of nitrogens with one attached hydrogen (secondary N) is 2. The van der Waals surface area contributed by atoms with Gasteiger partial charge in [-0.25, -0.2) is 0 Å². The number of anilines is 2. The fourth-order valence-corrected chi connectivity index (χ4v) is 4.74. The number of carbonyl (C=O) groups excluding carboxylic acids is 1. The normalized spacial score (nSPS) is 13.8. The minimum Gasteiger partial charge on any atom is -0.355 e. The van der Waals surface area contributed by atoms with Gasteiger partial charge in [0.15, 0.2) is 0 Å². The summed E-state index contributed by atoms with van der Waals surface area (Å²) in [6.45, 7) is 4.46. The Morgan fingerprint density at radius 3 is 2.57 bits per heavy atom. The molecule has 5 rings (SSSR count). The second-order valence-corrected chi connectivity index (χ2v) is 9.30. The zero-order valence-electron chi connectivity index (χ0n) is 20.4. The van der Waals surface area contributed by atoms with Gasteiger partial charge in [0.05, 0.1) is 11.1 Å². The number of para-hydroxylation sites is 1. The first-order valence-electron chi connectivity index (χ1n) is 12.2. The number of rotatable bonds is 6. The van der Waals surface area contributed by atoms with Crippen LogP contribution in [0.5, 0.6) is 0 Å². The number of benzene rings is 3. The summed E-state index contributed by atoms with van der Waals surface area (Å²) in [6, 6.07) is 20.8. The average molecular weight is 505 g/mol. The van der Waals surface area contributed by atoms with Crippen LogP contribution in [0.2, 0.25) is 0 Å². The van der Waals surface area contributed by atoms with Crippen molar-refractivity contribution < 1.29 is 18.0 Å². The molecule has 2 heterocycles. The number of hydrogen-bond donors (Lipinski definition) is 2. The Kier molecular flexibility index (Phi) is 6.84. The third-order valence-electron chi connectivity index (χ3n) is 6.57. The van der Waals surface area contributed by atoms with E-state index in [0.717, 1.165) is 48.2 Å². The molecule has 0 atom stereocenters. The van der Waals surface area contributed by atoms with Gasteiger partial charge < -0.3 is 10.6 Å². The largest absolute Gasteiger partial charge is 0.416 e. The molecule has 0 spiro atoms. The van der Waals surface area contributed by atoms with Gasteiger partial charge in [0.2, 0.25) is 0 Å². The Hall–Kier alpha value is -3.91. The number of aryl methyl sites for hydroxylation is 1. The summed E-state index contributed by atoms with van der Waals surface area (Å²) >= 11 is 0. The van der Waals surface area contributed by atoms with E-state index >= 15 is 0 Å². The van der Waals surface area contributed by atoms with Crippen molar-refractivity contribution in [2.45, 2.75) is 26.1 Å². The van der Waals surface area contributed by atoms with E-state index in [9.17, 15) is 18.0 Å². The van der Waals surface area contributed by atoms with E-state index < -0.39 is 17.6 Å². The first kappa shape index (κ1) is 24.8. The molecule has 1 aromatic heterocycles. The molecular formula is C29H27F3N4O. The van der Waals surface area contributed by atoms with Crippen LogP contribution in [0.3, 0.4) is 0 Å². The first-order valence-corrected chi connectivity index (χ1v) is 12.2. The average Bonchev–Trinajstić information content (AvgIpc) is 2.88. The van der Waals surface area contributed by atoms with Gasteiger partial charge in [0.1, 0.15) is 0 Å². The molecule has 8 heteroatoms. The van der Waals surface area contributed by atoms with Crippen molar-refractivity contribution in [3.8, 4) is 0 Å². The SMILES string of the molecule is Cc1cc(Nc2cc(C(=O)NCCN3CCc4ccccc4C3)cc(C(F)(F)F)c2)c2ccccc2n1. The number of hydrogen-bond acceptors (Lipinski definition) is 4. The van der Waals surface area contributed by atoms with E-state index in [-0.39, 0.29) is 11.3 Å². The molecule has 4 aromatic rings. The molecule has 0 bridgehead atoms. The zero-order chi connectivity index (χ0) is 26.0. The summed E-state index contributed by atoms with van der Waals surface area (Å²) in [5.74, 6) is -0.540. The Morgan fingerprint density at radius 2 is 1.76 bits per heavy atom. The molecule has 37 heavy (non-hydrogen) atoms. The molecular weight excluding hydrogens is 477 g/mol. The highest BCUT2D eigenvalue weighted by atomic mass is 19.4. The highest BCUT2D eigenvalue weighted by Crippen LogP contribution is 2.34. The lowest BCUT2D eigenvalue weighted by Crippen LogP contribution is -2.37. The zero-order valence-corrected chi connectivity index (χ0v) is 20.4. The van der Waals surface area contributed by atoms with Crippen molar-refractivity contribution in [3.63, 3.8) is 0 Å². The quantitative estimate of drug-likeness (QED) is 0.334. The number of halogens is 3. The maximum absolute atomic E-state index is 13.7. The van der Waals surface area contributed by atoms with Gasteiger partial charge in [-0.3, -0.25) is 14.7 Å². The van der Waals surface area contributed by atoms with Gasteiger partial charge in [-0.2, -0.15) is 13.2 Å². The van der Waals surface area contributed by atoms with Crippen LogP contribution in [-0.4, -0.2) is 35.4 Å². The monoisotopic (exact) mass is 504 g/mol. The van der Waals surface area contributed by atoms with Crippen LogP contribution in [0.25, 0.3) is 10.9 Å². The van der Waals surface area contributed by atoms with E-state index in [1.54, 1.807) is 6.07 Å². The van der Waals surface area contributed by atoms with E-state index in [4.69, 9.17) is 0 Å². The highest BCUT2D eigenvalue weighted by Gasteiger charge is 2.32. The number of nitrogens with zero attached hydrogens (tertiary/aromatic N) is 2. The Labute approximate surface area is 213 Å². The summed E-state index contributed by atoms with van der Waals surface area (Å²) < 4.78 is 41.1. The van der Waals surface area contributed by atoms with E-state index in [2.05, 4.69) is 32.7 Å². The van der Waals surface area contributed by atoms with Crippen LogP contribution in [-0.2, 0) is 19.1 Å². The summed E-state index contributed by atoms with van der Waals surface area (Å²) in [5, 5.41) is 6.65. The molecule has 0 aliphatic carbocycles. The van der Waals surface area contributed by atoms with E-state index in [0.29, 0.717) is 18.8 Å². The Bertz CT molecular complexity index is 1450. The maximum atomic E-state index is 13.7. The number of pyridine rings is 1. The van der Waals surface area contributed by atoms with Crippen LogP contribution in [0.4, 0.5) is 24.5 Å². The molecule has 0 radical (unpaired) electrons. The molecule has 0 saturated heterocycles. The van der Waals surface area contributed by atoms with Crippen LogP contribution in [0.1, 0.15) is 32.7 Å². The maximum Gasteiger partial charge on any atom is 0.416 e. The van der Waals surface area contributed by atoms with Crippen molar-refractivity contribution in [1.82, 2.24) is 15.2 Å². The molecule has 3 aromatic carbocycles. The summed E-state index contributed by atoms with van der Waals surface area (Å²) in [7, 11) is 0.